The third kappa shape index (κ3) is 3.89. The zero-order valence-corrected chi connectivity index (χ0v) is 15.6. The standard InChI is InChI=1S/2C5H7NO3.Hg/c2*7-4-2-1-3(6-4)5(8)9;/h2*3H,1-2H2,(H,6,7)(H,8,9);/q;;+2/p-2/t2*3-;/m00./s1. The minimum absolute atomic E-state index is 0.177. The van der Waals surface area contributed by atoms with Gasteiger partial charge in [0.05, 0.1) is 0 Å². The number of rotatable bonds is 4. The SMILES string of the molecule is O=C1CC[C@@H](C(=O)[O][Hg][O]C(=O)[C@@H]2CCC(=O)N2)N1. The van der Waals surface area contributed by atoms with Crippen LogP contribution in [-0.4, -0.2) is 35.8 Å². The summed E-state index contributed by atoms with van der Waals surface area (Å²) in [6, 6.07) is -1.23. The van der Waals surface area contributed by atoms with Crippen LogP contribution in [0.1, 0.15) is 25.7 Å². The summed E-state index contributed by atoms with van der Waals surface area (Å²) in [5.74, 6) is -1.42. The number of hydrogen-bond donors (Lipinski definition) is 2. The molecule has 2 saturated heterocycles. The molecule has 2 amide bonds. The summed E-state index contributed by atoms with van der Waals surface area (Å²) < 4.78 is 9.89. The summed E-state index contributed by atoms with van der Waals surface area (Å²) in [5.41, 5.74) is 0. The van der Waals surface area contributed by atoms with Crippen LogP contribution in [-0.2, 0) is 50.0 Å². The van der Waals surface area contributed by atoms with Crippen molar-refractivity contribution in [2.45, 2.75) is 37.8 Å². The van der Waals surface area contributed by atoms with Gasteiger partial charge in [0.1, 0.15) is 0 Å². The third-order valence-electron chi connectivity index (χ3n) is 2.96. The first-order valence-electron chi connectivity index (χ1n) is 5.98. The molecule has 100 valence electrons. The Kier molecular flexibility index (Phi) is 4.73. The zero-order chi connectivity index (χ0) is 13.8. The molecule has 2 aliphatic rings. The van der Waals surface area contributed by atoms with Gasteiger partial charge in [0, 0.05) is 0 Å². The van der Waals surface area contributed by atoms with Crippen LogP contribution < -0.4 is 10.6 Å². The van der Waals surface area contributed by atoms with Crippen LogP contribution >= 0.6 is 0 Å². The van der Waals surface area contributed by atoms with Gasteiger partial charge in [-0.3, -0.25) is 0 Å². The van der Waals surface area contributed by atoms with Gasteiger partial charge in [0.2, 0.25) is 0 Å². The maximum absolute atomic E-state index is 11.5. The van der Waals surface area contributed by atoms with Crippen molar-refractivity contribution in [1.29, 1.82) is 0 Å². The van der Waals surface area contributed by atoms with E-state index in [-0.39, 0.29) is 11.8 Å². The van der Waals surface area contributed by atoms with Gasteiger partial charge in [0.25, 0.3) is 0 Å². The second-order valence-electron chi connectivity index (χ2n) is 4.36. The Balaban J connectivity index is 1.66. The molecule has 2 N–H and O–H groups in total. The fourth-order valence-electron chi connectivity index (χ4n) is 1.93. The first-order chi connectivity index (χ1) is 9.06. The molecule has 19 heavy (non-hydrogen) atoms. The van der Waals surface area contributed by atoms with E-state index in [1.807, 2.05) is 0 Å². The first kappa shape index (κ1) is 14.2. The van der Waals surface area contributed by atoms with Crippen LogP contribution in [0.25, 0.3) is 0 Å². The predicted octanol–water partition coefficient (Wildman–Crippen LogP) is -1.46. The molecular weight excluding hydrogens is 445 g/mol. The van der Waals surface area contributed by atoms with Crippen LogP contribution in [0.15, 0.2) is 0 Å². The Morgan fingerprint density at radius 3 is 1.68 bits per heavy atom. The average molecular weight is 457 g/mol. The van der Waals surface area contributed by atoms with Gasteiger partial charge in [-0.05, 0) is 0 Å². The van der Waals surface area contributed by atoms with Gasteiger partial charge in [-0.15, -0.1) is 0 Å². The van der Waals surface area contributed by atoms with Crippen molar-refractivity contribution < 1.29 is 50.0 Å². The zero-order valence-electron chi connectivity index (χ0n) is 10.1. The van der Waals surface area contributed by atoms with E-state index in [1.54, 1.807) is 0 Å². The van der Waals surface area contributed by atoms with E-state index in [0.717, 1.165) is 0 Å². The van der Waals surface area contributed by atoms with Gasteiger partial charge in [0.15, 0.2) is 0 Å². The molecule has 0 radical (unpaired) electrons. The quantitative estimate of drug-likeness (QED) is 0.500. The Hall–Kier alpha value is -1.18. The molecular formula is C10H12HgN2O6. The fourth-order valence-corrected chi connectivity index (χ4v) is 4.62. The number of amides is 2. The van der Waals surface area contributed by atoms with Crippen LogP contribution in [0.2, 0.25) is 0 Å². The van der Waals surface area contributed by atoms with E-state index < -0.39 is 49.5 Å². The normalized spacial score (nSPS) is 25.3. The predicted molar refractivity (Wildman–Crippen MR) is 54.5 cm³/mol. The molecule has 0 unspecified atom stereocenters. The molecule has 0 aromatic rings. The first-order valence-corrected chi connectivity index (χ1v) is 10.5. The van der Waals surface area contributed by atoms with Crippen molar-refractivity contribution >= 4 is 23.8 Å². The van der Waals surface area contributed by atoms with Gasteiger partial charge in [-0.1, -0.05) is 0 Å². The van der Waals surface area contributed by atoms with Crippen molar-refractivity contribution in [3.63, 3.8) is 0 Å². The van der Waals surface area contributed by atoms with E-state index in [4.69, 9.17) is 5.29 Å². The Bertz CT molecular complexity index is 388. The molecule has 0 spiro atoms. The van der Waals surface area contributed by atoms with Gasteiger partial charge < -0.3 is 0 Å². The van der Waals surface area contributed by atoms with E-state index in [2.05, 4.69) is 10.6 Å². The molecule has 8 nitrogen and oxygen atoms in total. The molecule has 2 fully saturated rings. The van der Waals surface area contributed by atoms with Crippen LogP contribution in [0, 0.1) is 0 Å². The summed E-state index contributed by atoms with van der Waals surface area (Å²) in [7, 11) is 0. The van der Waals surface area contributed by atoms with Crippen molar-refractivity contribution in [2.24, 2.45) is 0 Å². The molecule has 2 aliphatic heterocycles. The average Bonchev–Trinajstić information content (AvgIpc) is 2.98. The fraction of sp³-hybridized carbons (Fsp3) is 0.600. The van der Waals surface area contributed by atoms with E-state index in [0.29, 0.717) is 25.7 Å². The summed E-state index contributed by atoms with van der Waals surface area (Å²) in [6.45, 7) is 0. The molecule has 2 atom stereocenters. The van der Waals surface area contributed by atoms with Crippen molar-refractivity contribution in [2.75, 3.05) is 0 Å². The molecule has 2 heterocycles. The topological polar surface area (TPSA) is 111 Å². The monoisotopic (exact) mass is 458 g/mol. The Morgan fingerprint density at radius 2 is 1.37 bits per heavy atom. The van der Waals surface area contributed by atoms with E-state index in [1.165, 1.54) is 0 Å². The molecule has 0 aromatic carbocycles. The van der Waals surface area contributed by atoms with E-state index in [9.17, 15) is 19.2 Å². The number of carbonyl (C=O) groups is 4. The van der Waals surface area contributed by atoms with Crippen molar-refractivity contribution in [1.82, 2.24) is 10.6 Å². The summed E-state index contributed by atoms with van der Waals surface area (Å²) in [5, 5.41) is 4.95. The summed E-state index contributed by atoms with van der Waals surface area (Å²) >= 11 is -2.55. The molecule has 0 aromatic heterocycles. The molecule has 0 bridgehead atoms. The molecule has 9 heteroatoms. The van der Waals surface area contributed by atoms with Crippen LogP contribution in [0.4, 0.5) is 0 Å². The van der Waals surface area contributed by atoms with Gasteiger partial charge in [-0.25, -0.2) is 0 Å². The number of hydrogen-bond acceptors (Lipinski definition) is 6. The van der Waals surface area contributed by atoms with Gasteiger partial charge in [-0.2, -0.15) is 0 Å². The molecule has 2 rings (SSSR count). The minimum atomic E-state index is -2.55. The number of carbonyl (C=O) groups excluding carboxylic acids is 4. The second kappa shape index (κ2) is 6.31. The second-order valence-corrected chi connectivity index (χ2v) is 7.52. The van der Waals surface area contributed by atoms with E-state index >= 15 is 0 Å². The summed E-state index contributed by atoms with van der Waals surface area (Å²) in [4.78, 5) is 44.8. The van der Waals surface area contributed by atoms with Crippen LogP contribution in [0.3, 0.4) is 0 Å². The van der Waals surface area contributed by atoms with Crippen molar-refractivity contribution in [3.8, 4) is 0 Å². The maximum atomic E-state index is 11.5. The van der Waals surface area contributed by atoms with Crippen molar-refractivity contribution in [3.05, 3.63) is 0 Å². The number of nitrogens with one attached hydrogen (secondary N) is 2. The molecule has 0 aliphatic carbocycles. The Morgan fingerprint density at radius 1 is 0.947 bits per heavy atom. The Labute approximate surface area is 122 Å². The third-order valence-corrected chi connectivity index (χ3v) is 6.09. The molecule has 0 saturated carbocycles. The summed E-state index contributed by atoms with van der Waals surface area (Å²) in [6.07, 6.45) is 1.45. The van der Waals surface area contributed by atoms with Gasteiger partial charge >= 0.3 is 122 Å². The van der Waals surface area contributed by atoms with Crippen LogP contribution in [0.5, 0.6) is 0 Å².